The number of nitrogens with one attached hydrogen (secondary N) is 1. The molecule has 1 saturated heterocycles. The summed E-state index contributed by atoms with van der Waals surface area (Å²) in [7, 11) is 0. The van der Waals surface area contributed by atoms with Crippen molar-refractivity contribution < 1.29 is 4.79 Å². The number of amides is 1. The van der Waals surface area contributed by atoms with Gasteiger partial charge in [0.2, 0.25) is 5.91 Å². The van der Waals surface area contributed by atoms with Crippen molar-refractivity contribution in [3.05, 3.63) is 48.5 Å². The largest absolute Gasteiger partial charge is 0.355 e. The molecule has 0 aromatic carbocycles. The number of carbonyl (C=O) groups excluding carboxylic acids is 1. The quantitative estimate of drug-likeness (QED) is 0.768. The summed E-state index contributed by atoms with van der Waals surface area (Å²) in [4.78, 5) is 18.9. The second-order valence-corrected chi connectivity index (χ2v) is 6.60. The SMILES string of the molecule is CC(NC(=O)C1CCN(c2ccc3nncn3n2)CC1)c1cccnc1. The number of nitrogens with zero attached hydrogens (tertiary/aromatic N) is 6. The molecule has 0 radical (unpaired) electrons. The summed E-state index contributed by atoms with van der Waals surface area (Å²) in [5.41, 5.74) is 1.75. The van der Waals surface area contributed by atoms with Crippen molar-refractivity contribution in [1.82, 2.24) is 30.1 Å². The highest BCUT2D eigenvalue weighted by Gasteiger charge is 2.26. The third kappa shape index (κ3) is 3.35. The Morgan fingerprint density at radius 2 is 2.12 bits per heavy atom. The molecule has 8 heteroatoms. The number of piperidine rings is 1. The van der Waals surface area contributed by atoms with Gasteiger partial charge in [-0.2, -0.15) is 4.52 Å². The molecule has 26 heavy (non-hydrogen) atoms. The molecule has 0 saturated carbocycles. The van der Waals surface area contributed by atoms with Gasteiger partial charge in [-0.3, -0.25) is 9.78 Å². The molecule has 1 aliphatic heterocycles. The Balaban J connectivity index is 1.34. The summed E-state index contributed by atoms with van der Waals surface area (Å²) in [6, 6.07) is 7.69. The maximum absolute atomic E-state index is 12.6. The van der Waals surface area contributed by atoms with Crippen LogP contribution in [-0.4, -0.2) is 43.8 Å². The monoisotopic (exact) mass is 351 g/mol. The Labute approximate surface area is 151 Å². The van der Waals surface area contributed by atoms with E-state index < -0.39 is 0 Å². The molecule has 1 N–H and O–H groups in total. The van der Waals surface area contributed by atoms with Crippen LogP contribution in [0.2, 0.25) is 0 Å². The van der Waals surface area contributed by atoms with Gasteiger partial charge in [-0.1, -0.05) is 6.07 Å². The Morgan fingerprint density at radius 1 is 1.27 bits per heavy atom. The predicted molar refractivity (Wildman–Crippen MR) is 96.5 cm³/mol. The number of aromatic nitrogens is 5. The molecule has 0 spiro atoms. The van der Waals surface area contributed by atoms with E-state index in [1.54, 1.807) is 23.2 Å². The first-order chi connectivity index (χ1) is 12.7. The van der Waals surface area contributed by atoms with E-state index in [9.17, 15) is 4.79 Å². The van der Waals surface area contributed by atoms with E-state index in [1.807, 2.05) is 31.2 Å². The molecular weight excluding hydrogens is 330 g/mol. The summed E-state index contributed by atoms with van der Waals surface area (Å²) in [6.07, 6.45) is 6.75. The Bertz CT molecular complexity index is 887. The lowest BCUT2D eigenvalue weighted by Gasteiger charge is -2.32. The van der Waals surface area contributed by atoms with Crippen molar-refractivity contribution >= 4 is 17.4 Å². The van der Waals surface area contributed by atoms with Crippen LogP contribution >= 0.6 is 0 Å². The molecular formula is C18H21N7O. The maximum Gasteiger partial charge on any atom is 0.223 e. The van der Waals surface area contributed by atoms with E-state index in [0.717, 1.165) is 43.0 Å². The average molecular weight is 351 g/mol. The Kier molecular flexibility index (Phi) is 4.47. The van der Waals surface area contributed by atoms with Gasteiger partial charge in [-0.15, -0.1) is 15.3 Å². The van der Waals surface area contributed by atoms with Crippen molar-refractivity contribution in [1.29, 1.82) is 0 Å². The van der Waals surface area contributed by atoms with Crippen LogP contribution in [0, 0.1) is 5.92 Å². The maximum atomic E-state index is 12.6. The van der Waals surface area contributed by atoms with Crippen LogP contribution in [0.15, 0.2) is 43.0 Å². The second kappa shape index (κ2) is 7.07. The molecule has 4 heterocycles. The van der Waals surface area contributed by atoms with Gasteiger partial charge in [0, 0.05) is 31.4 Å². The van der Waals surface area contributed by atoms with E-state index in [2.05, 4.69) is 30.5 Å². The molecule has 0 bridgehead atoms. The molecule has 0 aliphatic carbocycles. The van der Waals surface area contributed by atoms with Gasteiger partial charge < -0.3 is 10.2 Å². The number of pyridine rings is 1. The van der Waals surface area contributed by atoms with Crippen LogP contribution < -0.4 is 10.2 Å². The molecule has 134 valence electrons. The molecule has 3 aromatic heterocycles. The number of carbonyl (C=O) groups is 1. The molecule has 1 atom stereocenters. The lowest BCUT2D eigenvalue weighted by Crippen LogP contribution is -2.41. The van der Waals surface area contributed by atoms with Gasteiger partial charge in [0.25, 0.3) is 0 Å². The van der Waals surface area contributed by atoms with Crippen LogP contribution in [0.4, 0.5) is 5.82 Å². The lowest BCUT2D eigenvalue weighted by molar-refractivity contribution is -0.126. The number of rotatable bonds is 4. The van der Waals surface area contributed by atoms with Crippen LogP contribution in [0.1, 0.15) is 31.4 Å². The number of fused-ring (bicyclic) bond motifs is 1. The molecule has 1 unspecified atom stereocenters. The first-order valence-electron chi connectivity index (χ1n) is 8.83. The van der Waals surface area contributed by atoms with Crippen molar-refractivity contribution in [2.45, 2.75) is 25.8 Å². The summed E-state index contributed by atoms with van der Waals surface area (Å²) in [6.45, 7) is 3.60. The highest BCUT2D eigenvalue weighted by atomic mass is 16.1. The van der Waals surface area contributed by atoms with Crippen molar-refractivity contribution in [2.24, 2.45) is 5.92 Å². The summed E-state index contributed by atoms with van der Waals surface area (Å²) < 4.78 is 1.67. The molecule has 1 amide bonds. The minimum atomic E-state index is -0.0351. The van der Waals surface area contributed by atoms with Gasteiger partial charge in [-0.05, 0) is 43.5 Å². The Hall–Kier alpha value is -3.03. The molecule has 1 fully saturated rings. The third-order valence-corrected chi connectivity index (χ3v) is 4.88. The van der Waals surface area contributed by atoms with Gasteiger partial charge >= 0.3 is 0 Å². The highest BCUT2D eigenvalue weighted by molar-refractivity contribution is 5.79. The molecule has 4 rings (SSSR count). The zero-order chi connectivity index (χ0) is 17.9. The summed E-state index contributed by atoms with van der Waals surface area (Å²) >= 11 is 0. The average Bonchev–Trinajstić information content (AvgIpc) is 3.16. The molecule has 1 aliphatic rings. The number of hydrogen-bond acceptors (Lipinski definition) is 6. The fraction of sp³-hybridized carbons (Fsp3) is 0.389. The fourth-order valence-electron chi connectivity index (χ4n) is 3.30. The van der Waals surface area contributed by atoms with E-state index in [0.29, 0.717) is 0 Å². The summed E-state index contributed by atoms with van der Waals surface area (Å²) in [5.74, 6) is 1.03. The predicted octanol–water partition coefficient (Wildman–Crippen LogP) is 1.61. The van der Waals surface area contributed by atoms with Gasteiger partial charge in [0.15, 0.2) is 5.65 Å². The van der Waals surface area contributed by atoms with Crippen LogP contribution in [0.5, 0.6) is 0 Å². The number of anilines is 1. The number of hydrogen-bond donors (Lipinski definition) is 1. The van der Waals surface area contributed by atoms with Gasteiger partial charge in [0.1, 0.15) is 12.1 Å². The third-order valence-electron chi connectivity index (χ3n) is 4.88. The van der Waals surface area contributed by atoms with E-state index >= 15 is 0 Å². The fourth-order valence-corrected chi connectivity index (χ4v) is 3.30. The first-order valence-corrected chi connectivity index (χ1v) is 8.83. The van der Waals surface area contributed by atoms with E-state index in [1.165, 1.54) is 0 Å². The first kappa shape index (κ1) is 16.4. The normalized spacial score (nSPS) is 16.6. The topological polar surface area (TPSA) is 88.3 Å². The summed E-state index contributed by atoms with van der Waals surface area (Å²) in [5, 5.41) is 15.5. The van der Waals surface area contributed by atoms with Crippen LogP contribution in [0.25, 0.3) is 5.65 Å². The highest BCUT2D eigenvalue weighted by Crippen LogP contribution is 2.23. The molecule has 3 aromatic rings. The van der Waals surface area contributed by atoms with Gasteiger partial charge in [0.05, 0.1) is 6.04 Å². The van der Waals surface area contributed by atoms with Crippen molar-refractivity contribution in [3.63, 3.8) is 0 Å². The van der Waals surface area contributed by atoms with Crippen molar-refractivity contribution in [2.75, 3.05) is 18.0 Å². The Morgan fingerprint density at radius 3 is 2.88 bits per heavy atom. The minimum absolute atomic E-state index is 0.0315. The lowest BCUT2D eigenvalue weighted by atomic mass is 9.95. The van der Waals surface area contributed by atoms with Crippen molar-refractivity contribution in [3.8, 4) is 0 Å². The minimum Gasteiger partial charge on any atom is -0.355 e. The second-order valence-electron chi connectivity index (χ2n) is 6.60. The zero-order valence-corrected chi connectivity index (χ0v) is 14.6. The smallest absolute Gasteiger partial charge is 0.223 e. The van der Waals surface area contributed by atoms with Gasteiger partial charge in [-0.25, -0.2) is 0 Å². The van der Waals surface area contributed by atoms with Crippen LogP contribution in [0.3, 0.4) is 0 Å². The van der Waals surface area contributed by atoms with Crippen LogP contribution in [-0.2, 0) is 4.79 Å². The standard InChI is InChI=1S/C18H21N7O/c1-13(15-3-2-8-19-11-15)21-18(26)14-6-9-24(10-7-14)17-5-4-16-22-20-12-25(16)23-17/h2-5,8,11-14H,6-7,9-10H2,1H3,(H,21,26). The van der Waals surface area contributed by atoms with E-state index in [4.69, 9.17) is 0 Å². The zero-order valence-electron chi connectivity index (χ0n) is 14.6. The van der Waals surface area contributed by atoms with E-state index in [-0.39, 0.29) is 17.9 Å². The molecule has 8 nitrogen and oxygen atoms in total.